The Hall–Kier alpha value is -3.40. The summed E-state index contributed by atoms with van der Waals surface area (Å²) in [7, 11) is 0. The van der Waals surface area contributed by atoms with Gasteiger partial charge in [-0.1, -0.05) is 18.2 Å². The minimum Gasteiger partial charge on any atom is -0.382 e. The van der Waals surface area contributed by atoms with Crippen LogP contribution in [0.1, 0.15) is 5.56 Å². The normalized spacial score (nSPS) is 10.0. The molecule has 0 aliphatic heterocycles. The van der Waals surface area contributed by atoms with Crippen LogP contribution in [0.2, 0.25) is 0 Å². The van der Waals surface area contributed by atoms with Crippen LogP contribution in [-0.2, 0) is 0 Å². The molecular weight excluding hydrogens is 266 g/mol. The van der Waals surface area contributed by atoms with Crippen LogP contribution in [0, 0.1) is 11.3 Å². The van der Waals surface area contributed by atoms with Crippen molar-refractivity contribution in [3.05, 3.63) is 54.5 Å². The minimum absolute atomic E-state index is 0.231. The van der Waals surface area contributed by atoms with Gasteiger partial charge in [-0.15, -0.1) is 5.10 Å². The summed E-state index contributed by atoms with van der Waals surface area (Å²) in [5.74, 6) is 1.12. The Morgan fingerprint density at radius 2 is 2.00 bits per heavy atom. The molecular formula is C14H11N7. The summed E-state index contributed by atoms with van der Waals surface area (Å²) in [6.45, 7) is 0. The molecule has 7 heteroatoms. The second-order valence-corrected chi connectivity index (χ2v) is 4.19. The van der Waals surface area contributed by atoms with Crippen LogP contribution in [0.25, 0.3) is 5.82 Å². The van der Waals surface area contributed by atoms with Crippen LogP contribution < -0.4 is 11.1 Å². The first-order valence-corrected chi connectivity index (χ1v) is 6.16. The van der Waals surface area contributed by atoms with Gasteiger partial charge in [-0.05, 0) is 12.1 Å². The topological polar surface area (TPSA) is 105 Å². The van der Waals surface area contributed by atoms with E-state index in [2.05, 4.69) is 26.5 Å². The zero-order chi connectivity index (χ0) is 14.7. The van der Waals surface area contributed by atoms with Crippen molar-refractivity contribution in [1.82, 2.24) is 19.7 Å². The maximum absolute atomic E-state index is 9.28. The highest BCUT2D eigenvalue weighted by Crippen LogP contribution is 2.25. The molecule has 21 heavy (non-hydrogen) atoms. The third kappa shape index (κ3) is 2.37. The van der Waals surface area contributed by atoms with Gasteiger partial charge in [-0.2, -0.15) is 9.94 Å². The minimum atomic E-state index is 0.231. The van der Waals surface area contributed by atoms with Crippen LogP contribution in [0.5, 0.6) is 0 Å². The van der Waals surface area contributed by atoms with Crippen LogP contribution in [0.3, 0.4) is 0 Å². The van der Waals surface area contributed by atoms with Gasteiger partial charge in [0, 0.05) is 18.0 Å². The maximum Gasteiger partial charge on any atom is 0.173 e. The molecule has 102 valence electrons. The molecule has 0 fully saturated rings. The van der Waals surface area contributed by atoms with Gasteiger partial charge in [0.25, 0.3) is 0 Å². The Balaban J connectivity index is 2.04. The molecule has 2 heterocycles. The number of anilines is 3. The van der Waals surface area contributed by atoms with E-state index in [1.54, 1.807) is 12.3 Å². The standard InChI is InChI=1S/C14H11N7/c15-8-11-13(16)21(12-6-7-17-9-18-12)20-14(11)19-10-4-2-1-3-5-10/h1-7,9H,16H2,(H,19,20). The van der Waals surface area contributed by atoms with Gasteiger partial charge in [0.15, 0.2) is 11.6 Å². The summed E-state index contributed by atoms with van der Waals surface area (Å²) in [4.78, 5) is 7.92. The summed E-state index contributed by atoms with van der Waals surface area (Å²) in [5, 5.41) is 16.7. The maximum atomic E-state index is 9.28. The lowest BCUT2D eigenvalue weighted by atomic mass is 10.3. The molecule has 7 nitrogen and oxygen atoms in total. The number of para-hydroxylation sites is 1. The van der Waals surface area contributed by atoms with Gasteiger partial charge >= 0.3 is 0 Å². The van der Waals surface area contributed by atoms with E-state index < -0.39 is 0 Å². The van der Waals surface area contributed by atoms with E-state index in [0.717, 1.165) is 5.69 Å². The van der Waals surface area contributed by atoms with Crippen LogP contribution in [-0.4, -0.2) is 19.7 Å². The van der Waals surface area contributed by atoms with Crippen molar-refractivity contribution in [2.24, 2.45) is 0 Å². The van der Waals surface area contributed by atoms with E-state index in [1.807, 2.05) is 30.3 Å². The second kappa shape index (κ2) is 5.30. The summed E-state index contributed by atoms with van der Waals surface area (Å²) in [6.07, 6.45) is 2.98. The monoisotopic (exact) mass is 277 g/mol. The van der Waals surface area contributed by atoms with Crippen molar-refractivity contribution in [3.63, 3.8) is 0 Å². The highest BCUT2D eigenvalue weighted by Gasteiger charge is 2.17. The first kappa shape index (κ1) is 12.6. The predicted octanol–water partition coefficient (Wildman–Crippen LogP) is 1.86. The number of nitrogens with two attached hydrogens (primary N) is 1. The molecule has 3 rings (SSSR count). The Morgan fingerprint density at radius 1 is 1.19 bits per heavy atom. The Kier molecular flexibility index (Phi) is 3.19. The highest BCUT2D eigenvalue weighted by molar-refractivity contribution is 5.70. The molecule has 0 radical (unpaired) electrons. The van der Waals surface area contributed by atoms with Crippen LogP contribution in [0.15, 0.2) is 48.9 Å². The van der Waals surface area contributed by atoms with E-state index in [1.165, 1.54) is 11.0 Å². The molecule has 0 bridgehead atoms. The average molecular weight is 277 g/mol. The van der Waals surface area contributed by atoms with Crippen molar-refractivity contribution in [3.8, 4) is 11.9 Å². The molecule has 3 N–H and O–H groups in total. The molecule has 0 amide bonds. The fourth-order valence-electron chi connectivity index (χ4n) is 1.87. The lowest BCUT2D eigenvalue weighted by molar-refractivity contribution is 0.852. The molecule has 0 aliphatic carbocycles. The van der Waals surface area contributed by atoms with Crippen molar-refractivity contribution in [1.29, 1.82) is 5.26 Å². The van der Waals surface area contributed by atoms with E-state index in [-0.39, 0.29) is 11.4 Å². The zero-order valence-corrected chi connectivity index (χ0v) is 10.9. The van der Waals surface area contributed by atoms with Gasteiger partial charge in [-0.25, -0.2) is 9.97 Å². The molecule has 3 aromatic rings. The smallest absolute Gasteiger partial charge is 0.173 e. The Labute approximate surface area is 120 Å². The van der Waals surface area contributed by atoms with Crippen molar-refractivity contribution < 1.29 is 0 Å². The Morgan fingerprint density at radius 3 is 2.67 bits per heavy atom. The quantitative estimate of drug-likeness (QED) is 0.757. The number of rotatable bonds is 3. The summed E-state index contributed by atoms with van der Waals surface area (Å²) in [5.41, 5.74) is 7.07. The van der Waals surface area contributed by atoms with Gasteiger partial charge in [0.05, 0.1) is 0 Å². The number of nitrogen functional groups attached to an aromatic ring is 1. The Bertz CT molecular complexity index is 787. The fourth-order valence-corrected chi connectivity index (χ4v) is 1.87. The van der Waals surface area contributed by atoms with Crippen molar-refractivity contribution in [2.45, 2.75) is 0 Å². The summed E-state index contributed by atoms with van der Waals surface area (Å²) in [6, 6.07) is 13.2. The van der Waals surface area contributed by atoms with E-state index in [4.69, 9.17) is 5.73 Å². The SMILES string of the molecule is N#Cc1c(Nc2ccccc2)nn(-c2ccncn2)c1N. The molecule has 2 aromatic heterocycles. The zero-order valence-electron chi connectivity index (χ0n) is 10.9. The number of nitriles is 1. The van der Waals surface area contributed by atoms with Gasteiger partial charge in [0.1, 0.15) is 23.8 Å². The fraction of sp³-hybridized carbons (Fsp3) is 0. The predicted molar refractivity (Wildman–Crippen MR) is 78.0 cm³/mol. The number of nitrogens with zero attached hydrogens (tertiary/aromatic N) is 5. The molecule has 0 saturated heterocycles. The average Bonchev–Trinajstić information content (AvgIpc) is 2.85. The largest absolute Gasteiger partial charge is 0.382 e. The highest BCUT2D eigenvalue weighted by atomic mass is 15.4. The lowest BCUT2D eigenvalue weighted by Crippen LogP contribution is -2.04. The third-order valence-corrected chi connectivity index (χ3v) is 2.85. The summed E-state index contributed by atoms with van der Waals surface area (Å²) >= 11 is 0. The molecule has 1 aromatic carbocycles. The molecule has 0 spiro atoms. The number of hydrogen-bond donors (Lipinski definition) is 2. The van der Waals surface area contributed by atoms with Gasteiger partial charge in [0.2, 0.25) is 0 Å². The molecule has 0 atom stereocenters. The molecule has 0 unspecified atom stereocenters. The van der Waals surface area contributed by atoms with Crippen LogP contribution >= 0.6 is 0 Å². The molecule has 0 saturated carbocycles. The first-order valence-electron chi connectivity index (χ1n) is 6.16. The lowest BCUT2D eigenvalue weighted by Gasteiger charge is -2.02. The van der Waals surface area contributed by atoms with Gasteiger partial charge in [-0.3, -0.25) is 0 Å². The number of benzene rings is 1. The first-order chi connectivity index (χ1) is 10.3. The summed E-state index contributed by atoms with van der Waals surface area (Å²) < 4.78 is 1.41. The van der Waals surface area contributed by atoms with E-state index >= 15 is 0 Å². The second-order valence-electron chi connectivity index (χ2n) is 4.19. The number of nitrogens with one attached hydrogen (secondary N) is 1. The van der Waals surface area contributed by atoms with E-state index in [9.17, 15) is 5.26 Å². The van der Waals surface area contributed by atoms with Crippen molar-refractivity contribution in [2.75, 3.05) is 11.1 Å². The van der Waals surface area contributed by atoms with E-state index in [0.29, 0.717) is 11.6 Å². The number of hydrogen-bond acceptors (Lipinski definition) is 6. The van der Waals surface area contributed by atoms with Crippen molar-refractivity contribution >= 4 is 17.3 Å². The molecule has 0 aliphatic rings. The van der Waals surface area contributed by atoms with Gasteiger partial charge < -0.3 is 11.1 Å². The third-order valence-electron chi connectivity index (χ3n) is 2.85. The van der Waals surface area contributed by atoms with Crippen LogP contribution in [0.4, 0.5) is 17.3 Å². The number of aromatic nitrogens is 4.